The molecule has 40 heavy (non-hydrogen) atoms. The molecule has 212 valence electrons. The van der Waals surface area contributed by atoms with E-state index < -0.39 is 0 Å². The van der Waals surface area contributed by atoms with Crippen molar-refractivity contribution < 1.29 is 23.8 Å². The molecule has 7 rings (SSSR count). The summed E-state index contributed by atoms with van der Waals surface area (Å²) < 4.78 is 17.3. The highest BCUT2D eigenvalue weighted by Gasteiger charge is 2.48. The molecule has 1 amide bonds. The van der Waals surface area contributed by atoms with E-state index in [9.17, 15) is 9.59 Å². The molecule has 2 aromatic rings. The molecular formula is C34H41NO5. The van der Waals surface area contributed by atoms with Crippen LogP contribution in [0.3, 0.4) is 0 Å². The molecule has 5 saturated carbocycles. The van der Waals surface area contributed by atoms with Gasteiger partial charge in [0, 0.05) is 11.6 Å². The Morgan fingerprint density at radius 2 is 1.40 bits per heavy atom. The molecule has 2 aromatic carbocycles. The van der Waals surface area contributed by atoms with Gasteiger partial charge in [0.2, 0.25) is 0 Å². The standard InChI is InChI=1S/C34H41NO5/c1-2-15-38-34(37)26-7-11-29(12-8-26)39-21-22-3-9-30(10-4-22)40-31-13-5-25(6-14-31)33(36)35-32-27-17-23-16-24(19-27)20-28(32)18-23/h2,5-8,11-14,22-24,27-28,30,32H,1,3-4,9-10,15-21H2,(H,35,36). The number of ether oxygens (including phenoxy) is 3. The van der Waals surface area contributed by atoms with Crippen molar-refractivity contribution in [2.24, 2.45) is 29.6 Å². The van der Waals surface area contributed by atoms with E-state index in [0.717, 1.165) is 54.6 Å². The highest BCUT2D eigenvalue weighted by atomic mass is 16.5. The lowest BCUT2D eigenvalue weighted by Crippen LogP contribution is -2.55. The summed E-state index contributed by atoms with van der Waals surface area (Å²) in [5.74, 6) is 4.95. The topological polar surface area (TPSA) is 73.9 Å². The van der Waals surface area contributed by atoms with Gasteiger partial charge in [-0.25, -0.2) is 4.79 Å². The first-order chi connectivity index (χ1) is 19.5. The van der Waals surface area contributed by atoms with Gasteiger partial charge >= 0.3 is 5.97 Å². The van der Waals surface area contributed by atoms with E-state index in [-0.39, 0.29) is 24.6 Å². The molecule has 0 aliphatic heterocycles. The van der Waals surface area contributed by atoms with E-state index in [1.54, 1.807) is 18.2 Å². The average molecular weight is 544 g/mol. The molecular weight excluding hydrogens is 502 g/mol. The van der Waals surface area contributed by atoms with Crippen LogP contribution in [0.4, 0.5) is 0 Å². The van der Waals surface area contributed by atoms with Gasteiger partial charge in [0.25, 0.3) is 5.91 Å². The summed E-state index contributed by atoms with van der Waals surface area (Å²) >= 11 is 0. The van der Waals surface area contributed by atoms with Crippen LogP contribution in [-0.4, -0.2) is 37.2 Å². The van der Waals surface area contributed by atoms with Crippen molar-refractivity contribution in [1.29, 1.82) is 0 Å². The maximum Gasteiger partial charge on any atom is 0.338 e. The van der Waals surface area contributed by atoms with Crippen LogP contribution in [0.1, 0.15) is 78.5 Å². The van der Waals surface area contributed by atoms with Crippen molar-refractivity contribution in [3.63, 3.8) is 0 Å². The van der Waals surface area contributed by atoms with Crippen LogP contribution in [0, 0.1) is 29.6 Å². The summed E-state index contributed by atoms with van der Waals surface area (Å²) in [5, 5.41) is 3.41. The van der Waals surface area contributed by atoms with Crippen molar-refractivity contribution in [2.75, 3.05) is 13.2 Å². The van der Waals surface area contributed by atoms with Gasteiger partial charge in [-0.3, -0.25) is 4.79 Å². The molecule has 4 bridgehead atoms. The zero-order chi connectivity index (χ0) is 27.5. The van der Waals surface area contributed by atoms with Gasteiger partial charge in [-0.05, 0) is 136 Å². The van der Waals surface area contributed by atoms with Crippen molar-refractivity contribution >= 4 is 11.9 Å². The van der Waals surface area contributed by atoms with Gasteiger partial charge in [0.1, 0.15) is 18.1 Å². The number of benzene rings is 2. The summed E-state index contributed by atoms with van der Waals surface area (Å²) in [6, 6.07) is 15.1. The van der Waals surface area contributed by atoms with Crippen LogP contribution in [0.15, 0.2) is 61.2 Å². The summed E-state index contributed by atoms with van der Waals surface area (Å²) in [4.78, 5) is 24.9. The monoisotopic (exact) mass is 543 g/mol. The number of amides is 1. The summed E-state index contributed by atoms with van der Waals surface area (Å²) in [7, 11) is 0. The number of nitrogens with one attached hydrogen (secondary N) is 1. The van der Waals surface area contributed by atoms with E-state index >= 15 is 0 Å². The summed E-state index contributed by atoms with van der Waals surface area (Å²) in [5.41, 5.74) is 1.23. The van der Waals surface area contributed by atoms with Gasteiger partial charge < -0.3 is 19.5 Å². The lowest BCUT2D eigenvalue weighted by molar-refractivity contribution is -0.0119. The average Bonchev–Trinajstić information content (AvgIpc) is 2.97. The van der Waals surface area contributed by atoms with Gasteiger partial charge in [-0.2, -0.15) is 0 Å². The Morgan fingerprint density at radius 3 is 2.02 bits per heavy atom. The highest BCUT2D eigenvalue weighted by molar-refractivity contribution is 5.94. The van der Waals surface area contributed by atoms with Crippen molar-refractivity contribution in [2.45, 2.75) is 69.9 Å². The van der Waals surface area contributed by atoms with Crippen LogP contribution in [0.25, 0.3) is 0 Å². The Morgan fingerprint density at radius 1 is 0.800 bits per heavy atom. The van der Waals surface area contributed by atoms with Gasteiger partial charge in [-0.1, -0.05) is 12.7 Å². The third-order valence-electron chi connectivity index (χ3n) is 9.65. The Bertz CT molecular complexity index is 1150. The first-order valence-corrected chi connectivity index (χ1v) is 15.1. The minimum Gasteiger partial charge on any atom is -0.493 e. The summed E-state index contributed by atoms with van der Waals surface area (Å²) in [6.07, 6.45) is 12.4. The molecule has 5 fully saturated rings. The van der Waals surface area contributed by atoms with E-state index in [0.29, 0.717) is 36.0 Å². The third kappa shape index (κ3) is 6.21. The van der Waals surface area contributed by atoms with Crippen LogP contribution in [0.2, 0.25) is 0 Å². The second-order valence-corrected chi connectivity index (χ2v) is 12.4. The number of carbonyl (C=O) groups excluding carboxylic acids is 2. The second kappa shape index (κ2) is 12.1. The Kier molecular flexibility index (Phi) is 8.12. The number of rotatable bonds is 10. The minimum absolute atomic E-state index is 0.0619. The molecule has 0 saturated heterocycles. The molecule has 5 aliphatic rings. The van der Waals surface area contributed by atoms with Gasteiger partial charge in [-0.15, -0.1) is 0 Å². The van der Waals surface area contributed by atoms with E-state index in [1.807, 2.05) is 36.4 Å². The summed E-state index contributed by atoms with van der Waals surface area (Å²) in [6.45, 7) is 4.41. The van der Waals surface area contributed by atoms with E-state index in [2.05, 4.69) is 11.9 Å². The maximum atomic E-state index is 13.0. The first-order valence-electron chi connectivity index (χ1n) is 15.1. The Balaban J connectivity index is 0.919. The predicted molar refractivity (Wildman–Crippen MR) is 154 cm³/mol. The first kappa shape index (κ1) is 26.9. The fourth-order valence-electron chi connectivity index (χ4n) is 7.81. The van der Waals surface area contributed by atoms with E-state index in [4.69, 9.17) is 14.2 Å². The SMILES string of the molecule is C=CCOC(=O)c1ccc(OCC2CCC(Oc3ccc(C(=O)NC4C5CC6CC(C5)CC4C6)cc3)CC2)cc1. The highest BCUT2D eigenvalue weighted by Crippen LogP contribution is 2.53. The number of carbonyl (C=O) groups is 2. The molecule has 0 unspecified atom stereocenters. The molecule has 0 radical (unpaired) electrons. The fourth-order valence-corrected chi connectivity index (χ4v) is 7.81. The van der Waals surface area contributed by atoms with Crippen LogP contribution in [0.5, 0.6) is 11.5 Å². The second-order valence-electron chi connectivity index (χ2n) is 12.4. The number of hydrogen-bond donors (Lipinski definition) is 1. The largest absolute Gasteiger partial charge is 0.493 e. The number of hydrogen-bond acceptors (Lipinski definition) is 5. The Hall–Kier alpha value is -3.28. The smallest absolute Gasteiger partial charge is 0.338 e. The molecule has 6 heteroatoms. The van der Waals surface area contributed by atoms with Crippen molar-refractivity contribution in [3.8, 4) is 11.5 Å². The molecule has 1 N–H and O–H groups in total. The number of esters is 1. The van der Waals surface area contributed by atoms with Gasteiger partial charge in [0.05, 0.1) is 18.3 Å². The zero-order valence-corrected chi connectivity index (χ0v) is 23.3. The molecule has 5 aliphatic carbocycles. The lowest BCUT2D eigenvalue weighted by Gasteiger charge is -2.54. The normalized spacial score (nSPS) is 30.4. The van der Waals surface area contributed by atoms with E-state index in [1.165, 1.54) is 32.1 Å². The molecule has 0 heterocycles. The maximum absolute atomic E-state index is 13.0. The van der Waals surface area contributed by atoms with Crippen molar-refractivity contribution in [3.05, 3.63) is 72.3 Å². The van der Waals surface area contributed by atoms with Crippen LogP contribution < -0.4 is 14.8 Å². The Labute approximate surface area is 237 Å². The molecule has 6 nitrogen and oxygen atoms in total. The molecule has 0 atom stereocenters. The quantitative estimate of drug-likeness (QED) is 0.270. The molecule has 0 aromatic heterocycles. The van der Waals surface area contributed by atoms with Gasteiger partial charge in [0.15, 0.2) is 0 Å². The lowest BCUT2D eigenvalue weighted by atomic mass is 9.54. The zero-order valence-electron chi connectivity index (χ0n) is 23.3. The predicted octanol–water partition coefficient (Wildman–Crippen LogP) is 6.60. The third-order valence-corrected chi connectivity index (χ3v) is 9.65. The van der Waals surface area contributed by atoms with Crippen LogP contribution >= 0.6 is 0 Å². The fraction of sp³-hybridized carbons (Fsp3) is 0.529. The van der Waals surface area contributed by atoms with Crippen molar-refractivity contribution in [1.82, 2.24) is 5.32 Å². The van der Waals surface area contributed by atoms with Crippen LogP contribution in [-0.2, 0) is 4.74 Å². The minimum atomic E-state index is -0.361. The molecule has 0 spiro atoms.